The van der Waals surface area contributed by atoms with Gasteiger partial charge in [0.1, 0.15) is 0 Å². The van der Waals surface area contributed by atoms with Crippen molar-refractivity contribution in [1.82, 2.24) is 4.90 Å². The molecule has 3 rings (SSSR count). The molecule has 0 radical (unpaired) electrons. The lowest BCUT2D eigenvalue weighted by atomic mass is 9.80. The molecule has 20 heavy (non-hydrogen) atoms. The van der Waals surface area contributed by atoms with Gasteiger partial charge in [-0.05, 0) is 73.6 Å². The van der Waals surface area contributed by atoms with Crippen molar-refractivity contribution in [2.24, 2.45) is 11.8 Å². The molecule has 0 amide bonds. The lowest BCUT2D eigenvalue weighted by Crippen LogP contribution is -2.42. The molecule has 0 saturated carbocycles. The first-order valence-electron chi connectivity index (χ1n) is 8.38. The third-order valence-electron chi connectivity index (χ3n) is 5.37. The Hall–Kier alpha value is -0.820. The van der Waals surface area contributed by atoms with Crippen molar-refractivity contribution < 1.29 is 0 Å². The van der Waals surface area contributed by atoms with Gasteiger partial charge < -0.3 is 0 Å². The molecule has 2 aliphatic rings. The summed E-state index contributed by atoms with van der Waals surface area (Å²) in [4.78, 5) is 2.77. The van der Waals surface area contributed by atoms with E-state index in [4.69, 9.17) is 0 Å². The van der Waals surface area contributed by atoms with Crippen LogP contribution in [0.5, 0.6) is 0 Å². The first-order valence-corrected chi connectivity index (χ1v) is 8.38. The zero-order valence-electron chi connectivity index (χ0n) is 13.6. The summed E-state index contributed by atoms with van der Waals surface area (Å²) in [6.45, 7) is 11.8. The maximum atomic E-state index is 2.77. The van der Waals surface area contributed by atoms with Crippen LogP contribution in [0.1, 0.15) is 61.4 Å². The van der Waals surface area contributed by atoms with E-state index in [9.17, 15) is 0 Å². The third kappa shape index (κ3) is 2.65. The zero-order chi connectivity index (χ0) is 14.3. The average Bonchev–Trinajstić information content (AvgIpc) is 2.39. The summed E-state index contributed by atoms with van der Waals surface area (Å²) in [5, 5.41) is 0. The summed E-state index contributed by atoms with van der Waals surface area (Å²) in [7, 11) is 0. The largest absolute Gasteiger partial charge is 0.296 e. The van der Waals surface area contributed by atoms with E-state index in [2.05, 4.69) is 44.7 Å². The summed E-state index contributed by atoms with van der Waals surface area (Å²) in [5.41, 5.74) is 6.19. The van der Waals surface area contributed by atoms with Crippen molar-refractivity contribution in [2.75, 3.05) is 13.1 Å². The fraction of sp³-hybridized carbons (Fsp3) is 0.684. The molecule has 2 aliphatic heterocycles. The monoisotopic (exact) mass is 271 g/mol. The minimum Gasteiger partial charge on any atom is -0.296 e. The molecule has 1 aromatic rings. The van der Waals surface area contributed by atoms with Crippen molar-refractivity contribution in [3.8, 4) is 0 Å². The number of hydrogen-bond acceptors (Lipinski definition) is 1. The number of hydrogen-bond donors (Lipinski definition) is 0. The molecule has 0 aliphatic carbocycles. The van der Waals surface area contributed by atoms with Gasteiger partial charge in [-0.15, -0.1) is 0 Å². The summed E-state index contributed by atoms with van der Waals surface area (Å²) in [6.07, 6.45) is 5.45. The molecule has 0 aromatic heterocycles. The van der Waals surface area contributed by atoms with Gasteiger partial charge in [0.2, 0.25) is 0 Å². The molecular formula is C19H29N. The molecule has 1 heteroatoms. The molecule has 2 atom stereocenters. The Bertz CT molecular complexity index is 489. The van der Waals surface area contributed by atoms with Crippen molar-refractivity contribution in [3.05, 3.63) is 34.4 Å². The SMILES string of the molecule is Cc1cc2c(cc1C)C1CCC(CC(C)C)CN1CC2. The van der Waals surface area contributed by atoms with Crippen LogP contribution in [0.4, 0.5) is 0 Å². The Kier molecular flexibility index (Phi) is 3.90. The van der Waals surface area contributed by atoms with E-state index in [-0.39, 0.29) is 0 Å². The van der Waals surface area contributed by atoms with Gasteiger partial charge in [0.15, 0.2) is 0 Å². The van der Waals surface area contributed by atoms with E-state index in [0.29, 0.717) is 6.04 Å². The van der Waals surface area contributed by atoms with Crippen LogP contribution < -0.4 is 0 Å². The van der Waals surface area contributed by atoms with Crippen LogP contribution >= 0.6 is 0 Å². The second-order valence-electron chi connectivity index (χ2n) is 7.47. The van der Waals surface area contributed by atoms with Crippen LogP contribution in [-0.4, -0.2) is 18.0 Å². The number of aryl methyl sites for hydroxylation is 2. The number of benzene rings is 1. The predicted octanol–water partition coefficient (Wildman–Crippen LogP) is 4.66. The van der Waals surface area contributed by atoms with Crippen molar-refractivity contribution in [2.45, 2.75) is 59.4 Å². The van der Waals surface area contributed by atoms with E-state index in [0.717, 1.165) is 11.8 Å². The van der Waals surface area contributed by atoms with Crippen LogP contribution in [0.25, 0.3) is 0 Å². The van der Waals surface area contributed by atoms with E-state index in [1.807, 2.05) is 0 Å². The molecule has 1 nitrogen and oxygen atoms in total. The van der Waals surface area contributed by atoms with Crippen molar-refractivity contribution >= 4 is 0 Å². The quantitative estimate of drug-likeness (QED) is 0.756. The van der Waals surface area contributed by atoms with E-state index >= 15 is 0 Å². The van der Waals surface area contributed by atoms with E-state index in [1.165, 1.54) is 49.9 Å². The van der Waals surface area contributed by atoms with Gasteiger partial charge >= 0.3 is 0 Å². The highest BCUT2D eigenvalue weighted by molar-refractivity contribution is 5.40. The van der Waals surface area contributed by atoms with Gasteiger partial charge in [-0.3, -0.25) is 4.90 Å². The minimum absolute atomic E-state index is 0.710. The van der Waals surface area contributed by atoms with Gasteiger partial charge in [0.05, 0.1) is 0 Å². The van der Waals surface area contributed by atoms with E-state index < -0.39 is 0 Å². The minimum atomic E-state index is 0.710. The molecule has 2 unspecified atom stereocenters. The molecule has 0 spiro atoms. The van der Waals surface area contributed by atoms with Crippen LogP contribution in [0.3, 0.4) is 0 Å². The van der Waals surface area contributed by atoms with Gasteiger partial charge in [-0.25, -0.2) is 0 Å². The Morgan fingerprint density at radius 3 is 2.65 bits per heavy atom. The third-order valence-corrected chi connectivity index (χ3v) is 5.37. The topological polar surface area (TPSA) is 3.24 Å². The molecule has 1 fully saturated rings. The Morgan fingerprint density at radius 1 is 1.15 bits per heavy atom. The average molecular weight is 271 g/mol. The summed E-state index contributed by atoms with van der Waals surface area (Å²) in [6, 6.07) is 5.63. The molecule has 110 valence electrons. The van der Waals surface area contributed by atoms with E-state index in [1.54, 1.807) is 11.1 Å². The molecular weight excluding hydrogens is 242 g/mol. The fourth-order valence-corrected chi connectivity index (χ4v) is 4.27. The maximum absolute atomic E-state index is 2.77. The highest BCUT2D eigenvalue weighted by Crippen LogP contribution is 2.40. The summed E-state index contributed by atoms with van der Waals surface area (Å²) >= 11 is 0. The number of fused-ring (bicyclic) bond motifs is 3. The second kappa shape index (κ2) is 5.52. The van der Waals surface area contributed by atoms with Crippen molar-refractivity contribution in [3.63, 3.8) is 0 Å². The first kappa shape index (κ1) is 14.1. The van der Waals surface area contributed by atoms with Gasteiger partial charge in [-0.2, -0.15) is 0 Å². The van der Waals surface area contributed by atoms with Gasteiger partial charge in [0.25, 0.3) is 0 Å². The lowest BCUT2D eigenvalue weighted by Gasteiger charge is -2.44. The summed E-state index contributed by atoms with van der Waals surface area (Å²) in [5.74, 6) is 1.78. The molecule has 1 saturated heterocycles. The van der Waals surface area contributed by atoms with Crippen LogP contribution in [0.2, 0.25) is 0 Å². The van der Waals surface area contributed by atoms with Crippen LogP contribution in [0.15, 0.2) is 12.1 Å². The Morgan fingerprint density at radius 2 is 1.90 bits per heavy atom. The standard InChI is InChI=1S/C19H29N/c1-13(2)9-16-5-6-19-18-11-15(4)14(3)10-17(18)7-8-20(19)12-16/h10-11,13,16,19H,5-9,12H2,1-4H3. The zero-order valence-corrected chi connectivity index (χ0v) is 13.6. The smallest absolute Gasteiger partial charge is 0.0351 e. The van der Waals surface area contributed by atoms with Gasteiger partial charge in [0, 0.05) is 19.1 Å². The second-order valence-corrected chi connectivity index (χ2v) is 7.47. The lowest BCUT2D eigenvalue weighted by molar-refractivity contribution is 0.0896. The number of nitrogens with zero attached hydrogens (tertiary/aromatic N) is 1. The fourth-order valence-electron chi connectivity index (χ4n) is 4.27. The molecule has 0 N–H and O–H groups in total. The number of piperidine rings is 1. The van der Waals surface area contributed by atoms with Crippen molar-refractivity contribution in [1.29, 1.82) is 0 Å². The Balaban J connectivity index is 1.80. The maximum Gasteiger partial charge on any atom is 0.0351 e. The molecule has 0 bridgehead atoms. The highest BCUT2D eigenvalue weighted by Gasteiger charge is 2.33. The van der Waals surface area contributed by atoms with Crippen LogP contribution in [0, 0.1) is 25.7 Å². The predicted molar refractivity (Wildman–Crippen MR) is 86.1 cm³/mol. The normalized spacial score (nSPS) is 26.4. The highest BCUT2D eigenvalue weighted by atomic mass is 15.2. The summed E-state index contributed by atoms with van der Waals surface area (Å²) < 4.78 is 0. The van der Waals surface area contributed by atoms with Crippen LogP contribution in [-0.2, 0) is 6.42 Å². The van der Waals surface area contributed by atoms with Gasteiger partial charge in [-0.1, -0.05) is 26.0 Å². The number of rotatable bonds is 2. The first-order chi connectivity index (χ1) is 9.54. The molecule has 1 aromatic carbocycles. The molecule has 2 heterocycles. The Labute approximate surface area is 124 Å².